The van der Waals surface area contributed by atoms with Crippen molar-refractivity contribution in [3.8, 4) is 11.1 Å². The number of nitrogens with one attached hydrogen (secondary N) is 3. The summed E-state index contributed by atoms with van der Waals surface area (Å²) in [6, 6.07) is 6.82. The molecule has 6 rings (SSSR count). The van der Waals surface area contributed by atoms with Gasteiger partial charge in [0, 0.05) is 54.1 Å². The van der Waals surface area contributed by atoms with Gasteiger partial charge in [-0.15, -0.1) is 0 Å². The fourth-order valence-corrected chi connectivity index (χ4v) is 7.48. The van der Waals surface area contributed by atoms with Crippen LogP contribution in [0.1, 0.15) is 55.1 Å². The quantitative estimate of drug-likeness (QED) is 0.182. The Labute approximate surface area is 289 Å². The Balaban J connectivity index is 1.28. The van der Waals surface area contributed by atoms with Gasteiger partial charge in [-0.25, -0.2) is 15.0 Å². The van der Waals surface area contributed by atoms with E-state index in [1.165, 1.54) is 6.92 Å². The zero-order valence-corrected chi connectivity index (χ0v) is 29.4. The number of rotatable bonds is 6. The number of likely N-dealkylation sites (tertiary alicyclic amines) is 1. The van der Waals surface area contributed by atoms with Gasteiger partial charge in [0.15, 0.2) is 5.78 Å². The van der Waals surface area contributed by atoms with Crippen molar-refractivity contribution in [1.82, 2.24) is 24.8 Å². The molecule has 48 heavy (non-hydrogen) atoms. The van der Waals surface area contributed by atoms with Crippen molar-refractivity contribution in [2.24, 2.45) is 5.41 Å². The number of carbonyl (C=O) groups is 3. The summed E-state index contributed by atoms with van der Waals surface area (Å²) >= 11 is 3.44. The van der Waals surface area contributed by atoms with Crippen molar-refractivity contribution in [1.29, 1.82) is 5.41 Å². The van der Waals surface area contributed by atoms with Gasteiger partial charge in [-0.05, 0) is 110 Å². The molecule has 11 nitrogen and oxygen atoms in total. The number of pyridine rings is 1. The number of hydrogen-bond acceptors (Lipinski definition) is 9. The lowest BCUT2D eigenvalue weighted by molar-refractivity contribution is -0.136. The minimum atomic E-state index is -0.652. The summed E-state index contributed by atoms with van der Waals surface area (Å²) in [5, 5.41) is 14.9. The number of aryl methyl sites for hydroxylation is 2. The number of hydrogen-bond donors (Lipinski definition) is 3. The van der Waals surface area contributed by atoms with Gasteiger partial charge in [0.1, 0.15) is 28.0 Å². The van der Waals surface area contributed by atoms with Crippen LogP contribution in [0, 0.1) is 24.7 Å². The first kappa shape index (κ1) is 33.6. The van der Waals surface area contributed by atoms with Gasteiger partial charge in [0.2, 0.25) is 11.8 Å². The van der Waals surface area contributed by atoms with Crippen LogP contribution in [0.25, 0.3) is 11.1 Å². The molecule has 1 aromatic carbocycles. The van der Waals surface area contributed by atoms with E-state index in [0.29, 0.717) is 40.3 Å². The molecule has 3 atom stereocenters. The summed E-state index contributed by atoms with van der Waals surface area (Å²) in [6.07, 6.45) is 11.8. The fraction of sp³-hybridized carbons (Fsp3) is 0.417. The highest BCUT2D eigenvalue weighted by Gasteiger charge is 2.67. The lowest BCUT2D eigenvalue weighted by atomic mass is 9.95. The molecule has 250 valence electrons. The Morgan fingerprint density at radius 3 is 2.65 bits per heavy atom. The number of fused-ring (bicyclic) bond motifs is 2. The van der Waals surface area contributed by atoms with Crippen LogP contribution in [0.4, 0.5) is 11.5 Å². The average molecular weight is 714 g/mol. The van der Waals surface area contributed by atoms with Gasteiger partial charge < -0.3 is 20.4 Å². The van der Waals surface area contributed by atoms with Crippen LogP contribution in [-0.2, 0) is 20.8 Å². The van der Waals surface area contributed by atoms with Crippen LogP contribution < -0.4 is 10.6 Å². The van der Waals surface area contributed by atoms with E-state index in [2.05, 4.69) is 65.6 Å². The van der Waals surface area contributed by atoms with E-state index in [9.17, 15) is 14.4 Å². The maximum Gasteiger partial charge on any atom is 0.248 e. The molecule has 2 aromatic heterocycles. The molecule has 1 aliphatic carbocycles. The molecule has 3 aromatic rings. The SMILES string of the molecule is CC(=O)C(=N)c1cc(-c2cnc(C)nc2)cc(C)c1NCC(=O)N1[C@H]2C[C@]3(C[C@@H]13)CN(C)CCCC=CCc1ccc(Br)nc1NC2=O. The molecule has 2 bridgehead atoms. The second-order valence-corrected chi connectivity index (χ2v) is 14.1. The third-order valence-corrected chi connectivity index (χ3v) is 10.1. The number of benzene rings is 1. The Kier molecular flexibility index (Phi) is 9.57. The van der Waals surface area contributed by atoms with Crippen molar-refractivity contribution < 1.29 is 14.4 Å². The van der Waals surface area contributed by atoms with Crippen LogP contribution in [0.2, 0.25) is 0 Å². The van der Waals surface area contributed by atoms with E-state index < -0.39 is 6.04 Å². The Morgan fingerprint density at radius 2 is 1.90 bits per heavy atom. The Hall–Kier alpha value is -4.29. The van der Waals surface area contributed by atoms with Crippen molar-refractivity contribution in [2.45, 2.75) is 65.0 Å². The van der Waals surface area contributed by atoms with E-state index in [1.54, 1.807) is 30.3 Å². The van der Waals surface area contributed by atoms with E-state index >= 15 is 0 Å². The normalized spacial score (nSPS) is 22.5. The fourth-order valence-electron chi connectivity index (χ4n) is 7.17. The van der Waals surface area contributed by atoms with Crippen molar-refractivity contribution in [2.75, 3.05) is 37.3 Å². The summed E-state index contributed by atoms with van der Waals surface area (Å²) in [7, 11) is 2.12. The molecule has 2 fully saturated rings. The molecule has 2 aliphatic heterocycles. The van der Waals surface area contributed by atoms with Crippen molar-refractivity contribution in [3.05, 3.63) is 75.9 Å². The Bertz CT molecular complexity index is 1810. The molecule has 2 amide bonds. The molecule has 1 spiro atoms. The van der Waals surface area contributed by atoms with Crippen LogP contribution in [-0.4, -0.2) is 86.8 Å². The standard InChI is InChI=1S/C36H41BrN8O3/c1-21-13-25(26-17-39-23(3)40-18-26)14-27(32(38)22(2)46)33(21)41-19-31(47)45-28-15-36(16-29(36)45)20-44(4)12-8-6-5-7-9-24-10-11-30(37)42-34(24)43-35(28)48/h5,7,10-11,13-14,17-18,28-29,38,41H,6,8-9,12,15-16,19-20H2,1-4H3,(H,42,43,48)/t28-,29+,36-/m0/s1. The van der Waals surface area contributed by atoms with Gasteiger partial charge in [-0.1, -0.05) is 18.2 Å². The maximum absolute atomic E-state index is 14.2. The van der Waals surface area contributed by atoms with Gasteiger partial charge >= 0.3 is 0 Å². The number of Topliss-reactive ketones (excluding diaryl/α,β-unsaturated/α-hetero) is 1. The first-order chi connectivity index (χ1) is 23.0. The van der Waals surface area contributed by atoms with E-state index in [4.69, 9.17) is 5.41 Å². The molecule has 1 saturated heterocycles. The van der Waals surface area contributed by atoms with Gasteiger partial charge in [-0.3, -0.25) is 19.8 Å². The van der Waals surface area contributed by atoms with Gasteiger partial charge in [0.05, 0.1) is 6.54 Å². The number of amides is 2. The number of halogens is 1. The van der Waals surface area contributed by atoms with Crippen molar-refractivity contribution >= 4 is 50.7 Å². The molecule has 3 N–H and O–H groups in total. The van der Waals surface area contributed by atoms with Crippen LogP contribution in [0.3, 0.4) is 0 Å². The summed E-state index contributed by atoms with van der Waals surface area (Å²) in [6.45, 7) is 6.69. The number of aromatic nitrogens is 3. The smallest absolute Gasteiger partial charge is 0.248 e. The lowest BCUT2D eigenvalue weighted by Gasteiger charge is -2.28. The molecule has 3 aliphatic rings. The monoisotopic (exact) mass is 712 g/mol. The van der Waals surface area contributed by atoms with Gasteiger partial charge in [0.25, 0.3) is 0 Å². The molecule has 0 radical (unpaired) electrons. The highest BCUT2D eigenvalue weighted by atomic mass is 79.9. The topological polar surface area (TPSA) is 144 Å². The summed E-state index contributed by atoms with van der Waals surface area (Å²) < 4.78 is 0.621. The number of piperidine rings is 1. The average Bonchev–Trinajstić information content (AvgIpc) is 3.63. The molecular weight excluding hydrogens is 672 g/mol. The lowest BCUT2D eigenvalue weighted by Crippen LogP contribution is -2.47. The van der Waals surface area contributed by atoms with Crippen LogP contribution in [0.5, 0.6) is 0 Å². The third-order valence-electron chi connectivity index (χ3n) is 9.68. The molecule has 12 heteroatoms. The van der Waals surface area contributed by atoms with E-state index in [1.807, 2.05) is 25.1 Å². The number of nitrogens with zero attached hydrogens (tertiary/aromatic N) is 5. The van der Waals surface area contributed by atoms with Crippen molar-refractivity contribution in [3.63, 3.8) is 0 Å². The summed E-state index contributed by atoms with van der Waals surface area (Å²) in [5.74, 6) is 0.296. The Morgan fingerprint density at radius 1 is 1.12 bits per heavy atom. The minimum absolute atomic E-state index is 0.0484. The van der Waals surface area contributed by atoms with Crippen LogP contribution >= 0.6 is 15.9 Å². The maximum atomic E-state index is 14.2. The zero-order chi connectivity index (χ0) is 34.2. The molecule has 0 unspecified atom stereocenters. The van der Waals surface area contributed by atoms with E-state index in [-0.39, 0.29) is 41.3 Å². The summed E-state index contributed by atoms with van der Waals surface area (Å²) in [5.41, 5.74) is 3.82. The number of ketones is 1. The highest BCUT2D eigenvalue weighted by molar-refractivity contribution is 9.10. The highest BCUT2D eigenvalue weighted by Crippen LogP contribution is 2.60. The van der Waals surface area contributed by atoms with Crippen LogP contribution in [0.15, 0.2) is 53.4 Å². The second kappa shape index (κ2) is 13.7. The predicted molar refractivity (Wildman–Crippen MR) is 189 cm³/mol. The predicted octanol–water partition coefficient (Wildman–Crippen LogP) is 5.11. The summed E-state index contributed by atoms with van der Waals surface area (Å²) in [4.78, 5) is 57.8. The first-order valence-corrected chi connectivity index (χ1v) is 17.1. The van der Waals surface area contributed by atoms with E-state index in [0.717, 1.165) is 54.6 Å². The number of allylic oxidation sites excluding steroid dienone is 2. The first-order valence-electron chi connectivity index (χ1n) is 16.3. The molecular formula is C36H41BrN8O3. The third kappa shape index (κ3) is 6.95. The minimum Gasteiger partial charge on any atom is -0.375 e. The molecule has 4 heterocycles. The van der Waals surface area contributed by atoms with Gasteiger partial charge in [-0.2, -0.15) is 0 Å². The molecule has 1 saturated carbocycles. The largest absolute Gasteiger partial charge is 0.375 e. The number of carbonyl (C=O) groups excluding carboxylic acids is 3. The second-order valence-electron chi connectivity index (χ2n) is 13.3. The zero-order valence-electron chi connectivity index (χ0n) is 27.8. The number of anilines is 2.